The average Bonchev–Trinajstić information content (AvgIpc) is 3.65. The van der Waals surface area contributed by atoms with Gasteiger partial charge in [0.2, 0.25) is 17.7 Å². The van der Waals surface area contributed by atoms with Crippen LogP contribution in [-0.4, -0.2) is 107 Å². The van der Waals surface area contributed by atoms with Gasteiger partial charge in [-0.1, -0.05) is 26.0 Å². The Kier molecular flexibility index (Phi) is 9.94. The molecule has 7 amide bonds. The summed E-state index contributed by atoms with van der Waals surface area (Å²) in [6.07, 6.45) is -2.78. The lowest BCUT2D eigenvalue weighted by atomic mass is 9.71. The van der Waals surface area contributed by atoms with Crippen LogP contribution in [0.1, 0.15) is 98.8 Å². The number of aromatic nitrogens is 1. The first-order valence-corrected chi connectivity index (χ1v) is 19.6. The van der Waals surface area contributed by atoms with Crippen molar-refractivity contribution in [1.82, 2.24) is 25.0 Å². The third-order valence-electron chi connectivity index (χ3n) is 12.4. The van der Waals surface area contributed by atoms with Crippen molar-refractivity contribution in [3.8, 4) is 5.75 Å². The van der Waals surface area contributed by atoms with Gasteiger partial charge in [-0.25, -0.2) is 4.98 Å². The molecule has 0 bridgehead atoms. The van der Waals surface area contributed by atoms with Gasteiger partial charge in [-0.15, -0.1) is 0 Å². The molecule has 314 valence electrons. The number of halogens is 3. The van der Waals surface area contributed by atoms with E-state index in [1.165, 1.54) is 13.2 Å². The van der Waals surface area contributed by atoms with Crippen LogP contribution in [0.5, 0.6) is 5.75 Å². The fourth-order valence-electron chi connectivity index (χ4n) is 8.90. The molecule has 3 fully saturated rings. The van der Waals surface area contributed by atoms with E-state index in [0.717, 1.165) is 35.9 Å². The van der Waals surface area contributed by atoms with Crippen molar-refractivity contribution in [1.29, 1.82) is 0 Å². The van der Waals surface area contributed by atoms with Gasteiger partial charge in [-0.3, -0.25) is 43.8 Å². The van der Waals surface area contributed by atoms with Crippen molar-refractivity contribution < 1.29 is 51.5 Å². The maximum Gasteiger partial charge on any atom is 0.433 e. The third kappa shape index (κ3) is 7.10. The van der Waals surface area contributed by atoms with E-state index in [1.54, 1.807) is 29.2 Å². The van der Waals surface area contributed by atoms with Crippen molar-refractivity contribution in [2.45, 2.75) is 64.7 Å². The number of nitrogens with one attached hydrogen (secondary N) is 2. The maximum absolute atomic E-state index is 13.9. The van der Waals surface area contributed by atoms with Gasteiger partial charge >= 0.3 is 6.18 Å². The molecule has 0 aliphatic carbocycles. The van der Waals surface area contributed by atoms with E-state index in [4.69, 9.17) is 4.74 Å². The first-order chi connectivity index (χ1) is 28.4. The summed E-state index contributed by atoms with van der Waals surface area (Å²) in [7, 11) is 1.34. The number of hydrogen-bond donors (Lipinski definition) is 2. The average molecular weight is 830 g/mol. The summed E-state index contributed by atoms with van der Waals surface area (Å²) in [6.45, 7) is 6.47. The van der Waals surface area contributed by atoms with Gasteiger partial charge in [0.15, 0.2) is 0 Å². The van der Waals surface area contributed by atoms with Crippen molar-refractivity contribution in [3.05, 3.63) is 82.2 Å². The highest BCUT2D eigenvalue weighted by Crippen LogP contribution is 2.46. The topological polar surface area (TPSA) is 179 Å². The lowest BCUT2D eigenvalue weighted by molar-refractivity contribution is -0.143. The molecule has 5 aliphatic heterocycles. The van der Waals surface area contributed by atoms with Gasteiger partial charge in [0.1, 0.15) is 23.2 Å². The highest BCUT2D eigenvalue weighted by Gasteiger charge is 2.51. The second kappa shape index (κ2) is 14.7. The zero-order valence-corrected chi connectivity index (χ0v) is 33.1. The standard InChI is InChI=1S/C42H42F3N7O8/c1-40(2,12-15-50-20-23-18-27(30(60-3)19-25(23)36(50)56)47-34(54)26-7-5-9-31(46-26)42(43,44)45)39(59)49-16-13-41(14-17-49)21-51(22-41)28-8-4-6-24-33(28)38(58)52(37(24)57)29-10-11-32(53)48-35(29)55/h4-9,18-19,29H,10-17,20-22H2,1-3H3,(H,47,54)(H,48,53,55). The molecule has 0 radical (unpaired) electrons. The largest absolute Gasteiger partial charge is 0.495 e. The number of fused-ring (bicyclic) bond motifs is 2. The summed E-state index contributed by atoms with van der Waals surface area (Å²) in [5.74, 6) is -3.26. The number of piperidine rings is 2. The van der Waals surface area contributed by atoms with E-state index >= 15 is 0 Å². The number of alkyl halides is 3. The minimum absolute atomic E-state index is 0.0360. The van der Waals surface area contributed by atoms with Crippen molar-refractivity contribution in [3.63, 3.8) is 0 Å². The van der Waals surface area contributed by atoms with Crippen molar-refractivity contribution >= 4 is 52.7 Å². The number of amides is 7. The van der Waals surface area contributed by atoms with Crippen LogP contribution in [-0.2, 0) is 27.1 Å². The molecule has 1 aromatic heterocycles. The van der Waals surface area contributed by atoms with Crippen LogP contribution in [0.2, 0.25) is 0 Å². The summed E-state index contributed by atoms with van der Waals surface area (Å²) < 4.78 is 45.0. The van der Waals surface area contributed by atoms with Gasteiger partial charge in [0, 0.05) is 62.1 Å². The molecule has 0 saturated carbocycles. The Hall–Kier alpha value is -6.33. The smallest absolute Gasteiger partial charge is 0.433 e. The van der Waals surface area contributed by atoms with E-state index in [0.29, 0.717) is 49.4 Å². The van der Waals surface area contributed by atoms with Gasteiger partial charge in [-0.2, -0.15) is 13.2 Å². The number of rotatable bonds is 9. The number of ether oxygens (including phenoxy) is 1. The van der Waals surface area contributed by atoms with Crippen LogP contribution in [0.25, 0.3) is 0 Å². The Morgan fingerprint density at radius 1 is 0.950 bits per heavy atom. The molecule has 1 unspecified atom stereocenters. The maximum atomic E-state index is 13.9. The number of carbonyl (C=O) groups excluding carboxylic acids is 7. The van der Waals surface area contributed by atoms with Crippen molar-refractivity contribution in [2.24, 2.45) is 10.8 Å². The molecule has 15 nitrogen and oxygen atoms in total. The Morgan fingerprint density at radius 3 is 2.35 bits per heavy atom. The first-order valence-electron chi connectivity index (χ1n) is 19.6. The lowest BCUT2D eigenvalue weighted by Gasteiger charge is -2.55. The summed E-state index contributed by atoms with van der Waals surface area (Å²) >= 11 is 0. The number of methoxy groups -OCH3 is 1. The second-order valence-corrected chi connectivity index (χ2v) is 16.7. The number of benzene rings is 2. The van der Waals surface area contributed by atoms with E-state index < -0.39 is 58.6 Å². The molecule has 8 rings (SSSR count). The molecular formula is C42H42F3N7O8. The number of imide groups is 2. The van der Waals surface area contributed by atoms with Crippen LogP contribution in [0, 0.1) is 10.8 Å². The first kappa shape index (κ1) is 40.4. The SMILES string of the molecule is COc1cc2c(cc1NC(=O)c1cccc(C(F)(F)F)n1)CN(CCC(C)(C)C(=O)N1CCC3(CC1)CN(c1cccc4c1C(=O)N(C1CCC(=O)NC1=O)C4=O)C3)C2=O. The van der Waals surface area contributed by atoms with E-state index in [1.807, 2.05) is 18.7 Å². The zero-order chi connectivity index (χ0) is 42.9. The van der Waals surface area contributed by atoms with Crippen LogP contribution >= 0.6 is 0 Å². The number of anilines is 2. The number of likely N-dealkylation sites (tertiary alicyclic amines) is 1. The monoisotopic (exact) mass is 829 g/mol. The second-order valence-electron chi connectivity index (χ2n) is 16.7. The highest BCUT2D eigenvalue weighted by atomic mass is 19.4. The summed E-state index contributed by atoms with van der Waals surface area (Å²) in [5.41, 5.74) is -0.344. The Morgan fingerprint density at radius 2 is 1.67 bits per heavy atom. The quantitative estimate of drug-likeness (QED) is 0.296. The van der Waals surface area contributed by atoms with Crippen LogP contribution in [0.4, 0.5) is 24.5 Å². The van der Waals surface area contributed by atoms with E-state index in [2.05, 4.69) is 20.5 Å². The molecule has 3 aromatic rings. The minimum atomic E-state index is -4.73. The Balaban J connectivity index is 0.854. The molecular weight excluding hydrogens is 787 g/mol. The number of hydrogen-bond acceptors (Lipinski definition) is 10. The van der Waals surface area contributed by atoms with E-state index in [-0.39, 0.29) is 65.7 Å². The fourth-order valence-corrected chi connectivity index (χ4v) is 8.90. The lowest BCUT2D eigenvalue weighted by Crippen LogP contribution is -2.62. The molecule has 1 spiro atoms. The van der Waals surface area contributed by atoms with Crippen LogP contribution < -0.4 is 20.3 Å². The molecule has 60 heavy (non-hydrogen) atoms. The minimum Gasteiger partial charge on any atom is -0.495 e. The van der Waals surface area contributed by atoms with Crippen molar-refractivity contribution in [2.75, 3.05) is 50.1 Å². The summed E-state index contributed by atoms with van der Waals surface area (Å²) in [4.78, 5) is 101. The Bertz CT molecular complexity index is 2370. The molecule has 1 atom stereocenters. The van der Waals surface area contributed by atoms with Gasteiger partial charge in [-0.05, 0) is 67.6 Å². The molecule has 2 N–H and O–H groups in total. The van der Waals surface area contributed by atoms with Crippen LogP contribution in [0.3, 0.4) is 0 Å². The number of carbonyl (C=O) groups is 7. The van der Waals surface area contributed by atoms with Gasteiger partial charge in [0.05, 0.1) is 29.6 Å². The normalized spacial score (nSPS) is 20.0. The number of pyridine rings is 1. The predicted octanol–water partition coefficient (Wildman–Crippen LogP) is 4.26. The molecule has 6 heterocycles. The van der Waals surface area contributed by atoms with Gasteiger partial charge in [0.25, 0.3) is 23.6 Å². The Labute approximate surface area is 342 Å². The molecule has 5 aliphatic rings. The molecule has 2 aromatic carbocycles. The highest BCUT2D eigenvalue weighted by molar-refractivity contribution is 6.25. The zero-order valence-electron chi connectivity index (χ0n) is 33.1. The van der Waals surface area contributed by atoms with Gasteiger partial charge < -0.3 is 24.8 Å². The fraction of sp³-hybridized carbons (Fsp3) is 0.429. The summed E-state index contributed by atoms with van der Waals surface area (Å²) in [5, 5.41) is 4.77. The number of nitrogens with zero attached hydrogens (tertiary/aromatic N) is 5. The molecule has 3 saturated heterocycles. The van der Waals surface area contributed by atoms with E-state index in [9.17, 15) is 46.7 Å². The summed E-state index contributed by atoms with van der Waals surface area (Å²) in [6, 6.07) is 10.1. The van der Waals surface area contributed by atoms with Crippen LogP contribution in [0.15, 0.2) is 48.5 Å². The predicted molar refractivity (Wildman–Crippen MR) is 207 cm³/mol. The molecule has 18 heteroatoms. The third-order valence-corrected chi connectivity index (χ3v) is 12.4.